The lowest BCUT2D eigenvalue weighted by Crippen LogP contribution is -2.18. The van der Waals surface area contributed by atoms with Gasteiger partial charge in [-0.2, -0.15) is 15.0 Å². The summed E-state index contributed by atoms with van der Waals surface area (Å²) in [6.07, 6.45) is 1.76. The van der Waals surface area contributed by atoms with Gasteiger partial charge in [0.2, 0.25) is 17.8 Å². The lowest BCUT2D eigenvalue weighted by Gasteiger charge is -2.13. The SMILES string of the molecule is C=CCNc1nc(NC(C)C)nc(NC(C)C)n1. The van der Waals surface area contributed by atoms with Crippen LogP contribution in [0.1, 0.15) is 27.7 Å². The zero-order chi connectivity index (χ0) is 13.5. The Hall–Kier alpha value is -1.85. The fourth-order valence-corrected chi connectivity index (χ4v) is 1.26. The normalized spacial score (nSPS) is 10.6. The fraction of sp³-hybridized carbons (Fsp3) is 0.583. The molecule has 0 aliphatic carbocycles. The maximum absolute atomic E-state index is 4.31. The minimum Gasteiger partial charge on any atom is -0.352 e. The van der Waals surface area contributed by atoms with Crippen LogP contribution in [0.15, 0.2) is 12.7 Å². The van der Waals surface area contributed by atoms with Crippen molar-refractivity contribution in [3.05, 3.63) is 12.7 Å². The summed E-state index contributed by atoms with van der Waals surface area (Å²) in [7, 11) is 0. The summed E-state index contributed by atoms with van der Waals surface area (Å²) in [5, 5.41) is 9.40. The van der Waals surface area contributed by atoms with Crippen LogP contribution in [-0.2, 0) is 0 Å². The van der Waals surface area contributed by atoms with E-state index in [2.05, 4.69) is 37.5 Å². The third-order valence-corrected chi connectivity index (χ3v) is 1.88. The molecule has 1 heterocycles. The summed E-state index contributed by atoms with van der Waals surface area (Å²) < 4.78 is 0. The van der Waals surface area contributed by atoms with E-state index in [0.29, 0.717) is 24.4 Å². The van der Waals surface area contributed by atoms with Crippen molar-refractivity contribution in [2.45, 2.75) is 39.8 Å². The lowest BCUT2D eigenvalue weighted by atomic mass is 10.4. The van der Waals surface area contributed by atoms with Gasteiger partial charge in [-0.15, -0.1) is 6.58 Å². The van der Waals surface area contributed by atoms with Crippen LogP contribution in [0.2, 0.25) is 0 Å². The molecule has 0 aromatic carbocycles. The van der Waals surface area contributed by atoms with E-state index >= 15 is 0 Å². The summed E-state index contributed by atoms with van der Waals surface area (Å²) >= 11 is 0. The van der Waals surface area contributed by atoms with Crippen molar-refractivity contribution in [3.63, 3.8) is 0 Å². The molecule has 0 unspecified atom stereocenters. The van der Waals surface area contributed by atoms with E-state index in [9.17, 15) is 0 Å². The first-order valence-corrected chi connectivity index (χ1v) is 6.15. The molecule has 100 valence electrons. The Balaban J connectivity index is 2.91. The zero-order valence-electron chi connectivity index (χ0n) is 11.5. The Kier molecular flexibility index (Phi) is 5.35. The highest BCUT2D eigenvalue weighted by molar-refractivity contribution is 5.43. The maximum atomic E-state index is 4.31. The predicted octanol–water partition coefficient (Wildman–Crippen LogP) is 2.11. The molecule has 0 saturated carbocycles. The second-order valence-corrected chi connectivity index (χ2v) is 4.57. The van der Waals surface area contributed by atoms with Crippen LogP contribution in [0.4, 0.5) is 17.8 Å². The van der Waals surface area contributed by atoms with E-state index in [1.807, 2.05) is 27.7 Å². The van der Waals surface area contributed by atoms with Crippen molar-refractivity contribution in [1.29, 1.82) is 0 Å². The highest BCUT2D eigenvalue weighted by Crippen LogP contribution is 2.10. The molecule has 0 radical (unpaired) electrons. The minimum absolute atomic E-state index is 0.270. The number of nitrogens with zero attached hydrogens (tertiary/aromatic N) is 3. The molecule has 0 amide bonds. The summed E-state index contributed by atoms with van der Waals surface area (Å²) in [6, 6.07) is 0.540. The van der Waals surface area contributed by atoms with Crippen molar-refractivity contribution in [1.82, 2.24) is 15.0 Å². The summed E-state index contributed by atoms with van der Waals surface area (Å²) in [4.78, 5) is 12.9. The van der Waals surface area contributed by atoms with Crippen molar-refractivity contribution in [2.75, 3.05) is 22.5 Å². The fourth-order valence-electron chi connectivity index (χ4n) is 1.26. The third-order valence-electron chi connectivity index (χ3n) is 1.88. The first-order chi connectivity index (χ1) is 8.51. The Bertz CT molecular complexity index is 360. The average molecular weight is 250 g/mol. The van der Waals surface area contributed by atoms with Crippen LogP contribution in [0.3, 0.4) is 0 Å². The van der Waals surface area contributed by atoms with Gasteiger partial charge in [-0.25, -0.2) is 0 Å². The quantitative estimate of drug-likeness (QED) is 0.644. The first kappa shape index (κ1) is 14.2. The van der Waals surface area contributed by atoms with Crippen molar-refractivity contribution < 1.29 is 0 Å². The molecule has 0 aliphatic heterocycles. The largest absolute Gasteiger partial charge is 0.352 e. The number of hydrogen-bond donors (Lipinski definition) is 3. The van der Waals surface area contributed by atoms with Crippen molar-refractivity contribution >= 4 is 17.8 Å². The number of nitrogens with one attached hydrogen (secondary N) is 3. The second kappa shape index (κ2) is 6.78. The molecule has 0 fully saturated rings. The smallest absolute Gasteiger partial charge is 0.229 e. The third kappa shape index (κ3) is 4.99. The van der Waals surface area contributed by atoms with Gasteiger partial charge in [0, 0.05) is 18.6 Å². The summed E-state index contributed by atoms with van der Waals surface area (Å²) in [5.74, 6) is 1.67. The van der Waals surface area contributed by atoms with Crippen LogP contribution in [0.5, 0.6) is 0 Å². The maximum Gasteiger partial charge on any atom is 0.229 e. The molecule has 3 N–H and O–H groups in total. The Morgan fingerprint density at radius 1 is 0.944 bits per heavy atom. The minimum atomic E-state index is 0.270. The van der Waals surface area contributed by atoms with Gasteiger partial charge in [-0.1, -0.05) is 6.08 Å². The molecule has 1 rings (SSSR count). The van der Waals surface area contributed by atoms with Crippen molar-refractivity contribution in [3.8, 4) is 0 Å². The topological polar surface area (TPSA) is 74.8 Å². The number of anilines is 3. The van der Waals surface area contributed by atoms with Gasteiger partial charge in [0.15, 0.2) is 0 Å². The molecule has 0 aliphatic rings. The molecule has 6 nitrogen and oxygen atoms in total. The molecule has 1 aromatic heterocycles. The summed E-state index contributed by atoms with van der Waals surface area (Å²) in [5.41, 5.74) is 0. The molecular formula is C12H22N6. The van der Waals surface area contributed by atoms with Crippen LogP contribution in [0, 0.1) is 0 Å². The lowest BCUT2D eigenvalue weighted by molar-refractivity contribution is 0.845. The number of hydrogen-bond acceptors (Lipinski definition) is 6. The molecule has 18 heavy (non-hydrogen) atoms. The predicted molar refractivity (Wildman–Crippen MR) is 76.0 cm³/mol. The Morgan fingerprint density at radius 2 is 1.39 bits per heavy atom. The van der Waals surface area contributed by atoms with Gasteiger partial charge in [0.05, 0.1) is 0 Å². The van der Waals surface area contributed by atoms with Crippen LogP contribution < -0.4 is 16.0 Å². The van der Waals surface area contributed by atoms with E-state index in [-0.39, 0.29) is 12.1 Å². The Labute approximate surface area is 108 Å². The first-order valence-electron chi connectivity index (χ1n) is 6.15. The molecule has 1 aromatic rings. The van der Waals surface area contributed by atoms with Crippen LogP contribution >= 0.6 is 0 Å². The standard InChI is InChI=1S/C12H22N6/c1-6-7-13-10-16-11(14-8(2)3)18-12(17-10)15-9(4)5/h6,8-9H,1,7H2,2-5H3,(H3,13,14,15,16,17,18). The second-order valence-electron chi connectivity index (χ2n) is 4.57. The number of aromatic nitrogens is 3. The molecule has 0 bridgehead atoms. The van der Waals surface area contributed by atoms with Crippen LogP contribution in [0.25, 0.3) is 0 Å². The molecule has 0 saturated heterocycles. The van der Waals surface area contributed by atoms with Gasteiger partial charge in [-0.05, 0) is 27.7 Å². The zero-order valence-corrected chi connectivity index (χ0v) is 11.5. The van der Waals surface area contributed by atoms with Crippen molar-refractivity contribution in [2.24, 2.45) is 0 Å². The Morgan fingerprint density at radius 3 is 1.78 bits per heavy atom. The average Bonchev–Trinajstić information content (AvgIpc) is 2.24. The molecule has 0 atom stereocenters. The van der Waals surface area contributed by atoms with Gasteiger partial charge < -0.3 is 16.0 Å². The highest BCUT2D eigenvalue weighted by atomic mass is 15.3. The van der Waals surface area contributed by atoms with Gasteiger partial charge >= 0.3 is 0 Å². The summed E-state index contributed by atoms with van der Waals surface area (Å²) in [6.45, 7) is 12.4. The molecule has 6 heteroatoms. The van der Waals surface area contributed by atoms with E-state index < -0.39 is 0 Å². The van der Waals surface area contributed by atoms with E-state index in [0.717, 1.165) is 0 Å². The van der Waals surface area contributed by atoms with E-state index in [4.69, 9.17) is 0 Å². The van der Waals surface area contributed by atoms with E-state index in [1.165, 1.54) is 0 Å². The van der Waals surface area contributed by atoms with Gasteiger partial charge in [-0.3, -0.25) is 0 Å². The molecular weight excluding hydrogens is 228 g/mol. The molecule has 0 spiro atoms. The van der Waals surface area contributed by atoms with Gasteiger partial charge in [0.25, 0.3) is 0 Å². The van der Waals surface area contributed by atoms with Crippen LogP contribution in [-0.4, -0.2) is 33.6 Å². The monoisotopic (exact) mass is 250 g/mol. The van der Waals surface area contributed by atoms with Gasteiger partial charge in [0.1, 0.15) is 0 Å². The number of rotatable bonds is 7. The highest BCUT2D eigenvalue weighted by Gasteiger charge is 2.07. The van der Waals surface area contributed by atoms with E-state index in [1.54, 1.807) is 6.08 Å².